The van der Waals surface area contributed by atoms with Gasteiger partial charge in [0.05, 0.1) is 14.6 Å². The lowest BCUT2D eigenvalue weighted by molar-refractivity contribution is 0.468. The quantitative estimate of drug-likeness (QED) is 0.864. The number of phenolic OH excluding ortho intramolecular Hbond substituents is 1. The molecule has 1 heterocycles. The van der Waals surface area contributed by atoms with Crippen LogP contribution in [0.1, 0.15) is 11.3 Å². The van der Waals surface area contributed by atoms with E-state index in [4.69, 9.17) is 0 Å². The Morgan fingerprint density at radius 2 is 1.94 bits per heavy atom. The number of aryl methyl sites for hydroxylation is 1. The monoisotopic (exact) mass is 373 g/mol. The van der Waals surface area contributed by atoms with Crippen LogP contribution in [0, 0.1) is 0 Å². The summed E-state index contributed by atoms with van der Waals surface area (Å²) in [5, 5.41) is 17.1. The van der Waals surface area contributed by atoms with Gasteiger partial charge in [0.15, 0.2) is 0 Å². The van der Waals surface area contributed by atoms with E-state index in [1.54, 1.807) is 6.20 Å². The van der Waals surface area contributed by atoms with E-state index in [0.29, 0.717) is 8.95 Å². The smallest absolute Gasteiger partial charge is 0.143 e. The lowest BCUT2D eigenvalue weighted by Gasteiger charge is -2.08. The second-order valence-corrected chi connectivity index (χ2v) is 5.67. The fraction of sp³-hybridized carbons (Fsp3) is 0.250. The van der Waals surface area contributed by atoms with E-state index in [2.05, 4.69) is 42.3 Å². The van der Waals surface area contributed by atoms with E-state index >= 15 is 0 Å². The Bertz CT molecular complexity index is 531. The van der Waals surface area contributed by atoms with E-state index in [1.165, 1.54) is 0 Å². The topological polar surface area (TPSA) is 50.1 Å². The average Bonchev–Trinajstić information content (AvgIpc) is 2.72. The van der Waals surface area contributed by atoms with Crippen molar-refractivity contribution in [3.05, 3.63) is 44.6 Å². The van der Waals surface area contributed by atoms with Crippen LogP contribution in [0.2, 0.25) is 0 Å². The Kier molecular flexibility index (Phi) is 4.42. The van der Waals surface area contributed by atoms with Gasteiger partial charge in [-0.15, -0.1) is 0 Å². The van der Waals surface area contributed by atoms with Gasteiger partial charge in [-0.1, -0.05) is 0 Å². The highest BCUT2D eigenvalue weighted by Gasteiger charge is 2.06. The van der Waals surface area contributed by atoms with Crippen LogP contribution in [0.5, 0.6) is 5.75 Å². The number of benzene rings is 1. The number of hydrogen-bond acceptors (Lipinski definition) is 3. The van der Waals surface area contributed by atoms with Gasteiger partial charge in [0.2, 0.25) is 0 Å². The SMILES string of the molecule is Cn1nccc1CNCc1cc(Br)c(O)c(Br)c1. The van der Waals surface area contributed by atoms with E-state index in [-0.39, 0.29) is 5.75 Å². The molecule has 0 aliphatic heterocycles. The second-order valence-electron chi connectivity index (χ2n) is 3.96. The van der Waals surface area contributed by atoms with Crippen molar-refractivity contribution in [3.63, 3.8) is 0 Å². The summed E-state index contributed by atoms with van der Waals surface area (Å²) in [6, 6.07) is 5.78. The van der Waals surface area contributed by atoms with Crippen molar-refractivity contribution in [2.45, 2.75) is 13.1 Å². The Morgan fingerprint density at radius 1 is 1.28 bits per heavy atom. The maximum Gasteiger partial charge on any atom is 0.143 e. The first kappa shape index (κ1) is 13.6. The summed E-state index contributed by atoms with van der Waals surface area (Å²) >= 11 is 6.63. The molecule has 1 aromatic carbocycles. The zero-order valence-electron chi connectivity index (χ0n) is 9.82. The highest BCUT2D eigenvalue weighted by atomic mass is 79.9. The standard InChI is InChI=1S/C12H13Br2N3O/c1-17-9(2-3-16-17)7-15-6-8-4-10(13)12(18)11(14)5-8/h2-5,15,18H,6-7H2,1H3. The molecule has 0 bridgehead atoms. The highest BCUT2D eigenvalue weighted by Crippen LogP contribution is 2.33. The first-order valence-corrected chi connectivity index (χ1v) is 7.01. The van der Waals surface area contributed by atoms with Gasteiger partial charge in [-0.2, -0.15) is 5.10 Å². The predicted molar refractivity (Wildman–Crippen MR) is 77.3 cm³/mol. The van der Waals surface area contributed by atoms with Crippen molar-refractivity contribution in [1.29, 1.82) is 0 Å². The minimum atomic E-state index is 0.227. The first-order valence-electron chi connectivity index (χ1n) is 5.42. The van der Waals surface area contributed by atoms with Crippen LogP contribution in [0.4, 0.5) is 0 Å². The molecule has 96 valence electrons. The van der Waals surface area contributed by atoms with Gasteiger partial charge in [0.25, 0.3) is 0 Å². The normalized spacial score (nSPS) is 10.8. The summed E-state index contributed by atoms with van der Waals surface area (Å²) in [5.41, 5.74) is 2.22. The molecule has 2 N–H and O–H groups in total. The van der Waals surface area contributed by atoms with Crippen LogP contribution >= 0.6 is 31.9 Å². The third-order valence-electron chi connectivity index (χ3n) is 2.63. The molecule has 0 aliphatic carbocycles. The molecule has 18 heavy (non-hydrogen) atoms. The van der Waals surface area contributed by atoms with Gasteiger partial charge in [-0.05, 0) is 55.6 Å². The fourth-order valence-corrected chi connectivity index (χ4v) is 2.91. The van der Waals surface area contributed by atoms with Gasteiger partial charge in [0, 0.05) is 26.3 Å². The van der Waals surface area contributed by atoms with Crippen LogP contribution in [0.3, 0.4) is 0 Å². The lowest BCUT2D eigenvalue weighted by atomic mass is 10.2. The molecule has 2 aromatic rings. The third kappa shape index (κ3) is 3.13. The van der Waals surface area contributed by atoms with E-state index in [0.717, 1.165) is 24.3 Å². The predicted octanol–water partition coefficient (Wildman–Crippen LogP) is 2.94. The first-order chi connectivity index (χ1) is 8.58. The number of hydrogen-bond donors (Lipinski definition) is 2. The number of aromatic hydroxyl groups is 1. The Morgan fingerprint density at radius 3 is 2.50 bits per heavy atom. The van der Waals surface area contributed by atoms with Crippen molar-refractivity contribution in [2.24, 2.45) is 7.05 Å². The minimum absolute atomic E-state index is 0.227. The minimum Gasteiger partial charge on any atom is -0.506 e. The van der Waals surface area contributed by atoms with E-state index in [1.807, 2.05) is 29.9 Å². The summed E-state index contributed by atoms with van der Waals surface area (Å²) in [6.07, 6.45) is 1.78. The molecular weight excluding hydrogens is 362 g/mol. The average molecular weight is 375 g/mol. The summed E-state index contributed by atoms with van der Waals surface area (Å²) in [5.74, 6) is 0.227. The number of nitrogens with zero attached hydrogens (tertiary/aromatic N) is 2. The van der Waals surface area contributed by atoms with Gasteiger partial charge in [-0.3, -0.25) is 4.68 Å². The molecule has 1 aromatic heterocycles. The third-order valence-corrected chi connectivity index (χ3v) is 3.84. The zero-order valence-corrected chi connectivity index (χ0v) is 13.0. The summed E-state index contributed by atoms with van der Waals surface area (Å²) in [7, 11) is 1.92. The number of halogens is 2. The molecule has 0 aliphatic rings. The van der Waals surface area contributed by atoms with Crippen molar-refractivity contribution in [2.75, 3.05) is 0 Å². The van der Waals surface area contributed by atoms with Crippen molar-refractivity contribution in [1.82, 2.24) is 15.1 Å². The molecule has 6 heteroatoms. The van der Waals surface area contributed by atoms with Crippen molar-refractivity contribution >= 4 is 31.9 Å². The molecule has 0 saturated carbocycles. The molecule has 0 amide bonds. The number of nitrogens with one attached hydrogen (secondary N) is 1. The Hall–Kier alpha value is -0.850. The summed E-state index contributed by atoms with van der Waals surface area (Å²) in [6.45, 7) is 1.48. The van der Waals surface area contributed by atoms with Crippen LogP contribution in [0.25, 0.3) is 0 Å². The number of rotatable bonds is 4. The summed E-state index contributed by atoms with van der Waals surface area (Å²) in [4.78, 5) is 0. The van der Waals surface area contributed by atoms with Crippen molar-refractivity contribution < 1.29 is 5.11 Å². The van der Waals surface area contributed by atoms with Gasteiger partial charge in [-0.25, -0.2) is 0 Å². The maximum absolute atomic E-state index is 9.62. The second kappa shape index (κ2) is 5.86. The Labute approximate surface area is 122 Å². The largest absolute Gasteiger partial charge is 0.506 e. The Balaban J connectivity index is 1.97. The van der Waals surface area contributed by atoms with Crippen LogP contribution in [-0.4, -0.2) is 14.9 Å². The van der Waals surface area contributed by atoms with E-state index < -0.39 is 0 Å². The highest BCUT2D eigenvalue weighted by molar-refractivity contribution is 9.11. The number of phenols is 1. The summed E-state index contributed by atoms with van der Waals surface area (Å²) < 4.78 is 3.22. The van der Waals surface area contributed by atoms with Gasteiger partial charge in [0.1, 0.15) is 5.75 Å². The van der Waals surface area contributed by atoms with Crippen molar-refractivity contribution in [3.8, 4) is 5.75 Å². The van der Waals surface area contributed by atoms with E-state index in [9.17, 15) is 5.11 Å². The maximum atomic E-state index is 9.62. The molecule has 0 spiro atoms. The molecule has 0 saturated heterocycles. The zero-order chi connectivity index (χ0) is 13.1. The molecule has 0 unspecified atom stereocenters. The molecule has 4 nitrogen and oxygen atoms in total. The molecule has 0 radical (unpaired) electrons. The molecule has 0 atom stereocenters. The molecule has 0 fully saturated rings. The molecular formula is C12H13Br2N3O. The fourth-order valence-electron chi connectivity index (χ4n) is 1.63. The lowest BCUT2D eigenvalue weighted by Crippen LogP contribution is -2.15. The van der Waals surface area contributed by atoms with Gasteiger partial charge >= 0.3 is 0 Å². The van der Waals surface area contributed by atoms with Crippen LogP contribution < -0.4 is 5.32 Å². The number of aromatic nitrogens is 2. The van der Waals surface area contributed by atoms with Crippen LogP contribution in [-0.2, 0) is 20.1 Å². The van der Waals surface area contributed by atoms with Crippen LogP contribution in [0.15, 0.2) is 33.3 Å². The molecule has 2 rings (SSSR count). The van der Waals surface area contributed by atoms with Gasteiger partial charge < -0.3 is 10.4 Å².